The van der Waals surface area contributed by atoms with Crippen LogP contribution in [0.25, 0.3) is 5.69 Å². The van der Waals surface area contributed by atoms with Gasteiger partial charge in [0, 0.05) is 113 Å². The van der Waals surface area contributed by atoms with Crippen LogP contribution in [0.2, 0.25) is 0 Å². The lowest BCUT2D eigenvalue weighted by molar-refractivity contribution is -0.121. The Morgan fingerprint density at radius 2 is 0.824 bits per heavy atom. The molecule has 0 unspecified atom stereocenters. The molecule has 0 radical (unpaired) electrons. The van der Waals surface area contributed by atoms with Crippen molar-refractivity contribution in [2.24, 2.45) is 5.92 Å². The van der Waals surface area contributed by atoms with E-state index in [1.807, 2.05) is 37.9 Å². The molecule has 3 fully saturated rings. The SMILES string of the molecule is CC(=O)C1CCN(c2ccc(C(C)(C)C)cc2)CC1.CC(C)(C)OC(=O)N1CCN(c2ccc(C(C)(C)C)cc2)CC1.CC(C)(C)c1ccc(-n2ccnc2)cc1.CC(C)(C)c1ccc(N2CCOCC2)cc1.CN(C)CCCN(C)c1ccc(C(C)(C)C)cc1. The number of carbonyl (C=O) groups is 2. The second kappa shape index (κ2) is 33.3. The highest BCUT2D eigenvalue weighted by Crippen LogP contribution is 2.31. The van der Waals surface area contributed by atoms with E-state index < -0.39 is 5.60 Å². The maximum Gasteiger partial charge on any atom is 0.410 e. The van der Waals surface area contributed by atoms with Crippen molar-refractivity contribution in [2.45, 2.75) is 183 Å². The van der Waals surface area contributed by atoms with E-state index >= 15 is 0 Å². The molecule has 0 saturated carbocycles. The molecular weight excluding hydrogens is 1120 g/mol. The van der Waals surface area contributed by atoms with E-state index in [4.69, 9.17) is 9.47 Å². The molecule has 3 aliphatic rings. The highest BCUT2D eigenvalue weighted by atomic mass is 16.6. The van der Waals surface area contributed by atoms with Crippen LogP contribution in [-0.4, -0.2) is 137 Å². The molecule has 3 saturated heterocycles. The Labute approximate surface area is 552 Å². The number of carbonyl (C=O) groups excluding carboxylic acids is 2. The van der Waals surface area contributed by atoms with E-state index in [9.17, 15) is 9.59 Å². The number of aromatic nitrogens is 2. The second-order valence-electron chi connectivity index (χ2n) is 31.5. The second-order valence-corrected chi connectivity index (χ2v) is 31.5. The first kappa shape index (κ1) is 75.1. The quantitative estimate of drug-likeness (QED) is 0.132. The van der Waals surface area contributed by atoms with Crippen LogP contribution in [0.4, 0.5) is 27.5 Å². The summed E-state index contributed by atoms with van der Waals surface area (Å²) in [6, 6.07) is 44.2. The third-order valence-electron chi connectivity index (χ3n) is 17.1. The number of amides is 1. The number of hydrogen-bond donors (Lipinski definition) is 0. The Kier molecular flexibility index (Phi) is 27.5. The largest absolute Gasteiger partial charge is 0.444 e. The van der Waals surface area contributed by atoms with E-state index in [1.54, 1.807) is 18.0 Å². The summed E-state index contributed by atoms with van der Waals surface area (Å²) in [6.07, 6.45) is 8.54. The van der Waals surface area contributed by atoms with Crippen molar-refractivity contribution >= 4 is 34.6 Å². The first-order valence-corrected chi connectivity index (χ1v) is 33.6. The van der Waals surface area contributed by atoms with Gasteiger partial charge in [0.05, 0.1) is 19.5 Å². The normalized spacial score (nSPS) is 15.2. The maximum atomic E-state index is 12.1. The van der Waals surface area contributed by atoms with Gasteiger partial charge in [0.1, 0.15) is 11.4 Å². The molecule has 12 nitrogen and oxygen atoms in total. The molecule has 4 heterocycles. The van der Waals surface area contributed by atoms with Crippen molar-refractivity contribution in [1.82, 2.24) is 19.4 Å². The number of morpholine rings is 1. The number of ketones is 1. The Morgan fingerprint density at radius 1 is 0.473 bits per heavy atom. The van der Waals surface area contributed by atoms with Crippen LogP contribution < -0.4 is 19.6 Å². The lowest BCUT2D eigenvalue weighted by Crippen LogP contribution is -2.50. The lowest BCUT2D eigenvalue weighted by atomic mass is 9.87. The van der Waals surface area contributed by atoms with Crippen molar-refractivity contribution in [2.75, 3.05) is 119 Å². The fraction of sp³-hybridized carbons (Fsp3) is 0.557. The molecule has 1 aromatic heterocycles. The standard InChI is InChI=1S/C19H30N2O2.C17H25NO.C16H28N2.C14H21NO.C13H16N2/c1-18(2,3)15-7-9-16(10-8-15)20-11-13-21(14-12-20)17(22)23-19(4,5)6;1-13(19)14-9-11-18(12-10-14)16-7-5-15(6-8-16)17(2,3)4;1-16(2,3)14-8-10-15(11-9-14)18(6)13-7-12-17(4)5;1-14(2,3)12-4-6-13(7-5-12)15-8-10-16-11-9-15;1-13(2,3)11-4-6-12(7-5-11)15-9-8-14-10-15/h7-10H,11-14H2,1-6H3;5-8,14H,9-12H2,1-4H3;8-11H,7,12-13H2,1-6H3;4-7H,8-11H2,1-3H3;4-10H,1-3H3. The number of ether oxygens (including phenoxy) is 2. The average molecular weight is 1250 g/mol. The minimum Gasteiger partial charge on any atom is -0.444 e. The summed E-state index contributed by atoms with van der Waals surface area (Å²) >= 11 is 0. The minimum absolute atomic E-state index is 0.175. The molecule has 0 bridgehead atoms. The van der Waals surface area contributed by atoms with Crippen molar-refractivity contribution in [1.29, 1.82) is 0 Å². The molecule has 5 aromatic carbocycles. The number of Topliss-reactive ketones (excluding diaryl/α,β-unsaturated/α-hetero) is 1. The monoisotopic (exact) mass is 1240 g/mol. The number of nitrogens with zero attached hydrogens (tertiary/aromatic N) is 8. The summed E-state index contributed by atoms with van der Waals surface area (Å²) in [7, 11) is 6.41. The summed E-state index contributed by atoms with van der Waals surface area (Å²) in [5, 5.41) is 0. The first-order chi connectivity index (χ1) is 42.4. The minimum atomic E-state index is -0.434. The molecule has 0 atom stereocenters. The third-order valence-corrected chi connectivity index (χ3v) is 17.1. The zero-order valence-corrected chi connectivity index (χ0v) is 60.7. The topological polar surface area (TPSA) is 89.9 Å². The molecule has 3 aliphatic heterocycles. The first-order valence-electron chi connectivity index (χ1n) is 33.6. The van der Waals surface area contributed by atoms with Crippen LogP contribution in [0.15, 0.2) is 140 Å². The Morgan fingerprint density at radius 3 is 1.15 bits per heavy atom. The number of piperazine rings is 1. The molecular formula is C79H120N8O4. The zero-order chi connectivity index (χ0) is 67.5. The smallest absolute Gasteiger partial charge is 0.410 e. The predicted molar refractivity (Wildman–Crippen MR) is 388 cm³/mol. The number of anilines is 4. The molecule has 500 valence electrons. The van der Waals surface area contributed by atoms with Gasteiger partial charge in [-0.05, 0) is 183 Å². The van der Waals surface area contributed by atoms with Crippen molar-refractivity contribution in [3.05, 3.63) is 168 Å². The summed E-state index contributed by atoms with van der Waals surface area (Å²) in [5.74, 6) is 0.632. The summed E-state index contributed by atoms with van der Waals surface area (Å²) < 4.78 is 12.8. The van der Waals surface area contributed by atoms with E-state index in [2.05, 4.69) is 276 Å². The Hall–Kier alpha value is -6.63. The van der Waals surface area contributed by atoms with Crippen LogP contribution in [-0.2, 0) is 41.3 Å². The third kappa shape index (κ3) is 25.4. The maximum absolute atomic E-state index is 12.1. The van der Waals surface area contributed by atoms with Crippen LogP contribution in [0, 0.1) is 5.92 Å². The highest BCUT2D eigenvalue weighted by molar-refractivity contribution is 5.78. The molecule has 6 aromatic rings. The van der Waals surface area contributed by atoms with Crippen molar-refractivity contribution < 1.29 is 19.1 Å². The number of rotatable bonds is 10. The van der Waals surface area contributed by atoms with Gasteiger partial charge >= 0.3 is 6.09 Å². The molecule has 1 amide bonds. The Balaban J connectivity index is 0.000000208. The van der Waals surface area contributed by atoms with Crippen LogP contribution in [0.1, 0.15) is 179 Å². The number of hydrogen-bond acceptors (Lipinski definition) is 10. The number of piperidine rings is 1. The number of benzene rings is 5. The predicted octanol–water partition coefficient (Wildman–Crippen LogP) is 17.2. The van der Waals surface area contributed by atoms with E-state index in [-0.39, 0.29) is 39.1 Å². The zero-order valence-electron chi connectivity index (χ0n) is 60.7. The molecule has 0 N–H and O–H groups in total. The summed E-state index contributed by atoms with van der Waals surface area (Å²) in [6.45, 7) is 52.0. The van der Waals surface area contributed by atoms with Gasteiger partial charge in [0.15, 0.2) is 0 Å². The van der Waals surface area contributed by atoms with Crippen LogP contribution in [0.3, 0.4) is 0 Å². The van der Waals surface area contributed by atoms with Crippen LogP contribution >= 0.6 is 0 Å². The van der Waals surface area contributed by atoms with Crippen molar-refractivity contribution in [3.8, 4) is 5.69 Å². The highest BCUT2D eigenvalue weighted by Gasteiger charge is 2.27. The van der Waals surface area contributed by atoms with Gasteiger partial charge < -0.3 is 43.4 Å². The molecule has 9 rings (SSSR count). The van der Waals surface area contributed by atoms with Gasteiger partial charge in [-0.25, -0.2) is 9.78 Å². The summed E-state index contributed by atoms with van der Waals surface area (Å²) in [4.78, 5) is 41.0. The Bertz CT molecular complexity index is 3040. The molecule has 12 heteroatoms. The van der Waals surface area contributed by atoms with E-state index in [0.29, 0.717) is 18.9 Å². The van der Waals surface area contributed by atoms with E-state index in [1.165, 1.54) is 57.0 Å². The van der Waals surface area contributed by atoms with Crippen molar-refractivity contribution in [3.63, 3.8) is 0 Å². The fourth-order valence-electron chi connectivity index (χ4n) is 10.9. The van der Waals surface area contributed by atoms with Crippen LogP contribution in [0.5, 0.6) is 0 Å². The average Bonchev–Trinajstić information content (AvgIpc) is 3.64. The van der Waals surface area contributed by atoms with Gasteiger partial charge in [-0.1, -0.05) is 165 Å². The van der Waals surface area contributed by atoms with Gasteiger partial charge in [-0.15, -0.1) is 0 Å². The summed E-state index contributed by atoms with van der Waals surface area (Å²) in [5.41, 5.74) is 13.8. The van der Waals surface area contributed by atoms with Gasteiger partial charge in [-0.3, -0.25) is 4.79 Å². The van der Waals surface area contributed by atoms with Gasteiger partial charge in [0.2, 0.25) is 0 Å². The van der Waals surface area contributed by atoms with Gasteiger partial charge in [0.25, 0.3) is 0 Å². The number of imidazole rings is 1. The lowest BCUT2D eigenvalue weighted by Gasteiger charge is -2.37. The fourth-order valence-corrected chi connectivity index (χ4v) is 10.9. The molecule has 0 spiro atoms. The van der Waals surface area contributed by atoms with E-state index in [0.717, 1.165) is 84.1 Å². The molecule has 91 heavy (non-hydrogen) atoms. The molecule has 0 aliphatic carbocycles. The van der Waals surface area contributed by atoms with Gasteiger partial charge in [-0.2, -0.15) is 0 Å².